The van der Waals surface area contributed by atoms with E-state index in [1.807, 2.05) is 12.1 Å². The molecule has 174 valence electrons. The van der Waals surface area contributed by atoms with Crippen molar-refractivity contribution in [1.82, 2.24) is 0 Å². The molecule has 1 aliphatic rings. The molecule has 1 aliphatic carbocycles. The number of carboxylic acid groups (broad SMARTS) is 1. The van der Waals surface area contributed by atoms with Gasteiger partial charge in [0.15, 0.2) is 0 Å². The predicted molar refractivity (Wildman–Crippen MR) is 144 cm³/mol. The summed E-state index contributed by atoms with van der Waals surface area (Å²) in [6, 6.07) is 24.2. The number of allylic oxidation sites excluding steroid dienone is 1. The summed E-state index contributed by atoms with van der Waals surface area (Å²) in [6.07, 6.45) is 6.26. The Labute approximate surface area is 209 Å². The third-order valence-electron chi connectivity index (χ3n) is 6.40. The first-order valence-corrected chi connectivity index (χ1v) is 13.4. The Hall–Kier alpha value is -2.87. The number of carbonyl (C=O) groups is 1. The van der Waals surface area contributed by atoms with Crippen molar-refractivity contribution in [2.24, 2.45) is 0 Å². The van der Waals surface area contributed by atoms with Crippen molar-refractivity contribution in [2.45, 2.75) is 51.9 Å². The molecule has 0 radical (unpaired) electrons. The summed E-state index contributed by atoms with van der Waals surface area (Å²) >= 11 is 0.147. The van der Waals surface area contributed by atoms with Crippen molar-refractivity contribution < 1.29 is 9.90 Å². The van der Waals surface area contributed by atoms with Gasteiger partial charge in [-0.3, -0.25) is 0 Å². The first-order chi connectivity index (χ1) is 16.0. The Morgan fingerprint density at radius 3 is 2.35 bits per heavy atom. The molecule has 0 saturated carbocycles. The van der Waals surface area contributed by atoms with Crippen LogP contribution in [0, 0.1) is 0 Å². The maximum absolute atomic E-state index is 10.8. The van der Waals surface area contributed by atoms with Crippen LogP contribution in [-0.2, 0) is 15.6 Å². The Morgan fingerprint density at radius 1 is 0.971 bits per heavy atom. The first kappa shape index (κ1) is 24.3. The summed E-state index contributed by atoms with van der Waals surface area (Å²) in [7, 11) is 0. The van der Waals surface area contributed by atoms with Crippen molar-refractivity contribution in [3.8, 4) is 0 Å². The molecule has 0 fully saturated rings. The van der Waals surface area contributed by atoms with Gasteiger partial charge in [-0.2, -0.15) is 0 Å². The molecule has 0 aromatic heterocycles. The van der Waals surface area contributed by atoms with E-state index in [-0.39, 0.29) is 25.8 Å². The fourth-order valence-electron chi connectivity index (χ4n) is 4.37. The third-order valence-corrected chi connectivity index (χ3v) is 8.46. The molecule has 0 aliphatic heterocycles. The molecule has 0 spiro atoms. The van der Waals surface area contributed by atoms with Gasteiger partial charge in [-0.25, -0.2) is 0 Å². The van der Waals surface area contributed by atoms with Crippen LogP contribution in [0.1, 0.15) is 68.9 Å². The van der Waals surface area contributed by atoms with Gasteiger partial charge in [0.2, 0.25) is 0 Å². The van der Waals surface area contributed by atoms with E-state index in [2.05, 4.69) is 95.3 Å². The van der Waals surface area contributed by atoms with E-state index in [0.29, 0.717) is 0 Å². The van der Waals surface area contributed by atoms with Gasteiger partial charge >= 0.3 is 210 Å². The molecule has 0 amide bonds. The molecule has 4 rings (SSSR count). The average molecular weight is 516 g/mol. The standard InChI is InChI=1S/C31H32O2Se/c1-30(2,3)23-12-10-22(11-13-23)26-17-18-31(4,5)28-20-25(14-15-27(26)28)34-24-8-6-7-21(19-24)9-16-29(32)33/h6-17,19-20H,18H2,1-5H3,(H,32,33)/b16-9+. The SMILES string of the molecule is CC(C)(C)c1ccc(C2=CCC(C)(C)c3cc([Se]c4cccc(/C=C/C(=O)O)c4)ccc32)cc1. The van der Waals surface area contributed by atoms with E-state index in [1.54, 1.807) is 6.08 Å². The van der Waals surface area contributed by atoms with Gasteiger partial charge in [0.1, 0.15) is 0 Å². The Balaban J connectivity index is 1.65. The maximum atomic E-state index is 10.8. The first-order valence-electron chi connectivity index (χ1n) is 11.7. The van der Waals surface area contributed by atoms with Crippen LogP contribution in [0.15, 0.2) is 78.9 Å². The molecule has 34 heavy (non-hydrogen) atoms. The molecular weight excluding hydrogens is 483 g/mol. The Kier molecular flexibility index (Phi) is 6.71. The predicted octanol–water partition coefficient (Wildman–Crippen LogP) is 5.85. The topological polar surface area (TPSA) is 37.3 Å². The van der Waals surface area contributed by atoms with Crippen molar-refractivity contribution >= 4 is 41.5 Å². The zero-order chi connectivity index (χ0) is 24.5. The third kappa shape index (κ3) is 5.43. The number of hydrogen-bond donors (Lipinski definition) is 1. The van der Waals surface area contributed by atoms with Crippen LogP contribution in [0.4, 0.5) is 0 Å². The second-order valence-corrected chi connectivity index (χ2v) is 13.0. The van der Waals surface area contributed by atoms with E-state index in [9.17, 15) is 4.79 Å². The fraction of sp³-hybridized carbons (Fsp3) is 0.258. The minimum atomic E-state index is -0.926. The summed E-state index contributed by atoms with van der Waals surface area (Å²) in [5.41, 5.74) is 7.86. The van der Waals surface area contributed by atoms with Gasteiger partial charge in [-0.15, -0.1) is 0 Å². The van der Waals surface area contributed by atoms with Gasteiger partial charge < -0.3 is 0 Å². The number of carboxylic acids is 1. The number of hydrogen-bond acceptors (Lipinski definition) is 1. The number of aliphatic carboxylic acids is 1. The van der Waals surface area contributed by atoms with Crippen LogP contribution in [0.2, 0.25) is 0 Å². The number of fused-ring (bicyclic) bond motifs is 1. The quantitative estimate of drug-likeness (QED) is 0.342. The van der Waals surface area contributed by atoms with E-state index >= 15 is 0 Å². The number of benzene rings is 3. The van der Waals surface area contributed by atoms with E-state index in [4.69, 9.17) is 5.11 Å². The molecule has 0 saturated heterocycles. The monoisotopic (exact) mass is 516 g/mol. The van der Waals surface area contributed by atoms with E-state index in [0.717, 1.165) is 12.0 Å². The summed E-state index contributed by atoms with van der Waals surface area (Å²) in [5, 5.41) is 8.91. The normalized spacial score (nSPS) is 15.1. The average Bonchev–Trinajstić information content (AvgIpc) is 2.78. The van der Waals surface area contributed by atoms with Crippen molar-refractivity contribution in [2.75, 3.05) is 0 Å². The van der Waals surface area contributed by atoms with E-state index in [1.165, 1.54) is 42.8 Å². The molecule has 0 unspecified atom stereocenters. The minimum absolute atomic E-state index is 0.0857. The Morgan fingerprint density at radius 2 is 1.68 bits per heavy atom. The molecule has 3 aromatic rings. The van der Waals surface area contributed by atoms with Crippen LogP contribution in [-0.4, -0.2) is 26.0 Å². The van der Waals surface area contributed by atoms with Gasteiger partial charge in [0.05, 0.1) is 0 Å². The zero-order valence-electron chi connectivity index (χ0n) is 20.6. The van der Waals surface area contributed by atoms with E-state index < -0.39 is 5.97 Å². The molecule has 1 N–H and O–H groups in total. The molecule has 3 aromatic carbocycles. The summed E-state index contributed by atoms with van der Waals surface area (Å²) in [6.45, 7) is 11.4. The van der Waals surface area contributed by atoms with Gasteiger partial charge in [0.25, 0.3) is 0 Å². The van der Waals surface area contributed by atoms with Crippen molar-refractivity contribution in [3.63, 3.8) is 0 Å². The summed E-state index contributed by atoms with van der Waals surface area (Å²) in [5.74, 6) is -0.926. The second kappa shape index (κ2) is 9.41. The van der Waals surface area contributed by atoms with Crippen molar-refractivity contribution in [3.05, 3.63) is 107 Å². The van der Waals surface area contributed by atoms with Crippen LogP contribution in [0.5, 0.6) is 0 Å². The second-order valence-electron chi connectivity index (χ2n) is 10.6. The summed E-state index contributed by atoms with van der Waals surface area (Å²) < 4.78 is 2.57. The number of rotatable bonds is 5. The van der Waals surface area contributed by atoms with Gasteiger partial charge in [-0.05, 0) is 0 Å². The molecule has 0 atom stereocenters. The zero-order valence-corrected chi connectivity index (χ0v) is 22.3. The van der Waals surface area contributed by atoms with Crippen LogP contribution < -0.4 is 8.92 Å². The Bertz CT molecular complexity index is 1270. The molecular formula is C31H32O2Se. The van der Waals surface area contributed by atoms with Gasteiger partial charge in [-0.1, -0.05) is 0 Å². The van der Waals surface area contributed by atoms with Crippen molar-refractivity contribution in [1.29, 1.82) is 0 Å². The summed E-state index contributed by atoms with van der Waals surface area (Å²) in [4.78, 5) is 10.8. The molecule has 0 bridgehead atoms. The fourth-order valence-corrected chi connectivity index (χ4v) is 6.31. The van der Waals surface area contributed by atoms with Crippen LogP contribution >= 0.6 is 0 Å². The molecule has 3 heteroatoms. The molecule has 2 nitrogen and oxygen atoms in total. The van der Waals surface area contributed by atoms with Gasteiger partial charge in [0, 0.05) is 0 Å². The van der Waals surface area contributed by atoms with Crippen LogP contribution in [0.25, 0.3) is 11.6 Å². The van der Waals surface area contributed by atoms with Crippen LogP contribution in [0.3, 0.4) is 0 Å². The molecule has 0 heterocycles.